The molecule has 1 aromatic heterocycles. The summed E-state index contributed by atoms with van der Waals surface area (Å²) in [6, 6.07) is 7.68. The molecule has 0 spiro atoms. The fourth-order valence-corrected chi connectivity index (χ4v) is 2.85. The number of methoxy groups -OCH3 is 1. The van der Waals surface area contributed by atoms with Gasteiger partial charge in [0.25, 0.3) is 0 Å². The summed E-state index contributed by atoms with van der Waals surface area (Å²) in [5.41, 5.74) is 2.02. The number of rotatable bonds is 7. The van der Waals surface area contributed by atoms with Crippen molar-refractivity contribution >= 4 is 29.2 Å². The van der Waals surface area contributed by atoms with Gasteiger partial charge in [-0.05, 0) is 30.7 Å². The third kappa shape index (κ3) is 4.99. The molecule has 0 aliphatic rings. The van der Waals surface area contributed by atoms with Gasteiger partial charge in [-0.2, -0.15) is 0 Å². The van der Waals surface area contributed by atoms with E-state index in [0.717, 1.165) is 17.0 Å². The maximum absolute atomic E-state index is 6.09. The number of benzene rings is 1. The van der Waals surface area contributed by atoms with Crippen LogP contribution in [0.1, 0.15) is 18.2 Å². The number of aliphatic imine (C=N–C) groups is 1. The molecule has 8 heteroatoms. The standard InChI is InChI=1S/C18H24Cl2N4O2/c1-5-26-15-7-6-12(8-16(15)25-4)10-22-18(21-2)23-11-13-9-14(19)17(20)24(13)3/h6-9H,5,10-11H2,1-4H3,(H2,21,22,23). The molecule has 0 radical (unpaired) electrons. The molecule has 0 fully saturated rings. The van der Waals surface area contributed by atoms with Crippen LogP contribution in [0.15, 0.2) is 29.3 Å². The summed E-state index contributed by atoms with van der Waals surface area (Å²) in [5.74, 6) is 2.12. The SMILES string of the molecule is CCOc1ccc(CNC(=NC)NCc2cc(Cl)c(Cl)n2C)cc1OC. The van der Waals surface area contributed by atoms with Gasteiger partial charge in [0.05, 0.1) is 25.3 Å². The lowest BCUT2D eigenvalue weighted by molar-refractivity contribution is 0.310. The minimum absolute atomic E-state index is 0.521. The Labute approximate surface area is 164 Å². The Balaban J connectivity index is 1.95. The molecule has 1 heterocycles. The second-order valence-electron chi connectivity index (χ2n) is 5.53. The molecular formula is C18H24Cl2N4O2. The summed E-state index contributed by atoms with van der Waals surface area (Å²) in [7, 11) is 5.22. The topological polar surface area (TPSA) is 59.8 Å². The molecule has 0 saturated carbocycles. The van der Waals surface area contributed by atoms with Crippen molar-refractivity contribution in [2.75, 3.05) is 20.8 Å². The van der Waals surface area contributed by atoms with Crippen LogP contribution in [0, 0.1) is 0 Å². The first-order valence-electron chi connectivity index (χ1n) is 8.24. The minimum Gasteiger partial charge on any atom is -0.493 e. The monoisotopic (exact) mass is 398 g/mol. The smallest absolute Gasteiger partial charge is 0.191 e. The van der Waals surface area contributed by atoms with Crippen molar-refractivity contribution in [3.8, 4) is 11.5 Å². The summed E-state index contributed by atoms with van der Waals surface area (Å²) < 4.78 is 12.7. The molecule has 0 amide bonds. The highest BCUT2D eigenvalue weighted by Gasteiger charge is 2.10. The fourth-order valence-electron chi connectivity index (χ4n) is 2.44. The zero-order chi connectivity index (χ0) is 19.1. The van der Waals surface area contributed by atoms with Crippen molar-refractivity contribution in [1.82, 2.24) is 15.2 Å². The normalized spacial score (nSPS) is 11.4. The van der Waals surface area contributed by atoms with Crippen LogP contribution < -0.4 is 20.1 Å². The zero-order valence-corrected chi connectivity index (χ0v) is 16.9. The van der Waals surface area contributed by atoms with Crippen LogP contribution in [-0.4, -0.2) is 31.3 Å². The van der Waals surface area contributed by atoms with Crippen molar-refractivity contribution in [3.63, 3.8) is 0 Å². The quantitative estimate of drug-likeness (QED) is 0.552. The third-order valence-corrected chi connectivity index (χ3v) is 4.71. The number of hydrogen-bond acceptors (Lipinski definition) is 3. The Morgan fingerprint density at radius 1 is 1.15 bits per heavy atom. The predicted molar refractivity (Wildman–Crippen MR) is 107 cm³/mol. The zero-order valence-electron chi connectivity index (χ0n) is 15.4. The predicted octanol–water partition coefficient (Wildman–Crippen LogP) is 3.60. The lowest BCUT2D eigenvalue weighted by Crippen LogP contribution is -2.36. The van der Waals surface area contributed by atoms with Gasteiger partial charge in [-0.25, -0.2) is 0 Å². The molecule has 6 nitrogen and oxygen atoms in total. The van der Waals surface area contributed by atoms with Crippen molar-refractivity contribution in [2.24, 2.45) is 12.0 Å². The van der Waals surface area contributed by atoms with Crippen molar-refractivity contribution in [2.45, 2.75) is 20.0 Å². The van der Waals surface area contributed by atoms with Crippen molar-refractivity contribution in [3.05, 3.63) is 45.7 Å². The number of ether oxygens (including phenoxy) is 2. The molecule has 1 aromatic carbocycles. The Morgan fingerprint density at radius 2 is 1.88 bits per heavy atom. The number of nitrogens with zero attached hydrogens (tertiary/aromatic N) is 2. The molecule has 0 aliphatic heterocycles. The Bertz CT molecular complexity index is 775. The van der Waals surface area contributed by atoms with E-state index in [-0.39, 0.29) is 0 Å². The van der Waals surface area contributed by atoms with Gasteiger partial charge < -0.3 is 24.7 Å². The lowest BCUT2D eigenvalue weighted by Gasteiger charge is -2.14. The maximum atomic E-state index is 6.09. The van der Waals surface area contributed by atoms with Gasteiger partial charge in [0, 0.05) is 26.3 Å². The summed E-state index contributed by atoms with van der Waals surface area (Å²) in [4.78, 5) is 4.23. The molecule has 0 aliphatic carbocycles. The van der Waals surface area contributed by atoms with Crippen LogP contribution in [0.5, 0.6) is 11.5 Å². The van der Waals surface area contributed by atoms with Crippen molar-refractivity contribution < 1.29 is 9.47 Å². The molecule has 0 unspecified atom stereocenters. The number of aromatic nitrogens is 1. The van der Waals surface area contributed by atoms with Gasteiger partial charge in [0.2, 0.25) is 0 Å². The van der Waals surface area contributed by atoms with E-state index in [4.69, 9.17) is 32.7 Å². The summed E-state index contributed by atoms with van der Waals surface area (Å²) >= 11 is 12.1. The highest BCUT2D eigenvalue weighted by atomic mass is 35.5. The molecule has 0 atom stereocenters. The van der Waals surface area contributed by atoms with Gasteiger partial charge in [-0.3, -0.25) is 4.99 Å². The third-order valence-electron chi connectivity index (χ3n) is 3.86. The van der Waals surface area contributed by atoms with E-state index in [1.807, 2.05) is 42.8 Å². The van der Waals surface area contributed by atoms with Gasteiger partial charge in [0.1, 0.15) is 5.15 Å². The van der Waals surface area contributed by atoms with Crippen LogP contribution in [-0.2, 0) is 20.1 Å². The van der Waals surface area contributed by atoms with Gasteiger partial charge >= 0.3 is 0 Å². The first-order chi connectivity index (χ1) is 12.5. The number of guanidine groups is 1. The fraction of sp³-hybridized carbons (Fsp3) is 0.389. The molecule has 0 saturated heterocycles. The van der Waals surface area contributed by atoms with E-state index < -0.39 is 0 Å². The molecule has 142 valence electrons. The molecule has 0 bridgehead atoms. The Hall–Kier alpha value is -2.05. The average molecular weight is 399 g/mol. The van der Waals surface area contributed by atoms with Crippen LogP contribution >= 0.6 is 23.2 Å². The number of nitrogens with one attached hydrogen (secondary N) is 2. The summed E-state index contributed by atoms with van der Waals surface area (Å²) in [5, 5.41) is 7.57. The average Bonchev–Trinajstić information content (AvgIpc) is 2.89. The van der Waals surface area contributed by atoms with E-state index in [2.05, 4.69) is 15.6 Å². The van der Waals surface area contributed by atoms with E-state index in [0.29, 0.717) is 41.6 Å². The molecular weight excluding hydrogens is 375 g/mol. The van der Waals surface area contributed by atoms with Crippen molar-refractivity contribution in [1.29, 1.82) is 0 Å². The van der Waals surface area contributed by atoms with Crippen LogP contribution in [0.3, 0.4) is 0 Å². The Kier molecular flexibility index (Phi) is 7.48. The largest absolute Gasteiger partial charge is 0.493 e. The van der Waals surface area contributed by atoms with Gasteiger partial charge in [0.15, 0.2) is 17.5 Å². The highest BCUT2D eigenvalue weighted by Crippen LogP contribution is 2.28. The minimum atomic E-state index is 0.521. The summed E-state index contributed by atoms with van der Waals surface area (Å²) in [6.45, 7) is 3.68. The second kappa shape index (κ2) is 9.59. The van der Waals surface area contributed by atoms with Gasteiger partial charge in [-0.15, -0.1) is 0 Å². The molecule has 2 N–H and O–H groups in total. The molecule has 2 aromatic rings. The van der Waals surface area contributed by atoms with Gasteiger partial charge in [-0.1, -0.05) is 29.3 Å². The number of halogens is 2. The van der Waals surface area contributed by atoms with E-state index in [1.165, 1.54) is 0 Å². The lowest BCUT2D eigenvalue weighted by atomic mass is 10.2. The van der Waals surface area contributed by atoms with E-state index in [9.17, 15) is 0 Å². The summed E-state index contributed by atoms with van der Waals surface area (Å²) in [6.07, 6.45) is 0. The Morgan fingerprint density at radius 3 is 2.46 bits per heavy atom. The van der Waals surface area contributed by atoms with Crippen LogP contribution in [0.25, 0.3) is 0 Å². The number of hydrogen-bond donors (Lipinski definition) is 2. The molecule has 2 rings (SSSR count). The van der Waals surface area contributed by atoms with E-state index >= 15 is 0 Å². The first kappa shape index (κ1) is 20.3. The molecule has 26 heavy (non-hydrogen) atoms. The second-order valence-corrected chi connectivity index (χ2v) is 6.30. The highest BCUT2D eigenvalue weighted by molar-refractivity contribution is 6.41. The maximum Gasteiger partial charge on any atom is 0.191 e. The van der Waals surface area contributed by atoms with E-state index in [1.54, 1.807) is 14.2 Å². The first-order valence-corrected chi connectivity index (χ1v) is 8.99. The van der Waals surface area contributed by atoms with Crippen LogP contribution in [0.4, 0.5) is 0 Å². The van der Waals surface area contributed by atoms with Crippen LogP contribution in [0.2, 0.25) is 10.2 Å².